The van der Waals surface area contributed by atoms with E-state index in [-0.39, 0.29) is 4.90 Å². The standard InChI is InChI=1S/C22H24FNO5S/c1-14-5-11-17(12-6-14)30(27,28)19-18(15-7-9-16(23)10-8-15)22(19,13-25)24-20(26)29-21(2,3)4/h5-13,18-19H,1-4H3,(H,24,26)/t18-,19+,22+/m0/s1. The van der Waals surface area contributed by atoms with Crippen molar-refractivity contribution in [3.8, 4) is 0 Å². The van der Waals surface area contributed by atoms with Gasteiger partial charge in [-0.05, 0) is 57.5 Å². The normalized spacial score (nSPS) is 23.5. The maximum Gasteiger partial charge on any atom is 0.408 e. The molecule has 1 fully saturated rings. The number of amides is 1. The lowest BCUT2D eigenvalue weighted by Gasteiger charge is -2.22. The Labute approximate surface area is 175 Å². The van der Waals surface area contributed by atoms with Gasteiger partial charge in [0.2, 0.25) is 0 Å². The second-order valence-electron chi connectivity index (χ2n) is 8.49. The first-order valence-corrected chi connectivity index (χ1v) is 11.0. The number of carbonyl (C=O) groups is 2. The van der Waals surface area contributed by atoms with Crippen molar-refractivity contribution in [1.82, 2.24) is 5.32 Å². The summed E-state index contributed by atoms with van der Waals surface area (Å²) in [6.07, 6.45) is -0.468. The van der Waals surface area contributed by atoms with Crippen LogP contribution in [0.5, 0.6) is 0 Å². The number of ether oxygens (including phenoxy) is 1. The monoisotopic (exact) mass is 433 g/mol. The van der Waals surface area contributed by atoms with Crippen LogP contribution < -0.4 is 5.32 Å². The van der Waals surface area contributed by atoms with Crippen molar-refractivity contribution in [2.75, 3.05) is 0 Å². The summed E-state index contributed by atoms with van der Waals surface area (Å²) >= 11 is 0. The lowest BCUT2D eigenvalue weighted by molar-refractivity contribution is -0.110. The number of carbonyl (C=O) groups excluding carboxylic acids is 2. The zero-order valence-corrected chi connectivity index (χ0v) is 18.0. The highest BCUT2D eigenvalue weighted by Gasteiger charge is 2.73. The summed E-state index contributed by atoms with van der Waals surface area (Å²) in [6.45, 7) is 6.80. The second kappa shape index (κ2) is 7.50. The van der Waals surface area contributed by atoms with Crippen LogP contribution in [0.25, 0.3) is 0 Å². The third-order valence-electron chi connectivity index (χ3n) is 5.00. The van der Waals surface area contributed by atoms with E-state index in [4.69, 9.17) is 4.74 Å². The van der Waals surface area contributed by atoms with Crippen LogP contribution in [0.1, 0.15) is 37.8 Å². The summed E-state index contributed by atoms with van der Waals surface area (Å²) in [5.41, 5.74) is -1.24. The molecular weight excluding hydrogens is 409 g/mol. The smallest absolute Gasteiger partial charge is 0.408 e. The van der Waals surface area contributed by atoms with Gasteiger partial charge in [0.25, 0.3) is 0 Å². The molecule has 1 aliphatic carbocycles. The Hall–Kier alpha value is -2.74. The van der Waals surface area contributed by atoms with Crippen LogP contribution in [0.15, 0.2) is 53.4 Å². The molecule has 160 valence electrons. The zero-order valence-electron chi connectivity index (χ0n) is 17.2. The van der Waals surface area contributed by atoms with Crippen LogP contribution >= 0.6 is 0 Å². The quantitative estimate of drug-likeness (QED) is 0.729. The molecule has 0 radical (unpaired) electrons. The third kappa shape index (κ3) is 4.09. The molecule has 30 heavy (non-hydrogen) atoms. The fraction of sp³-hybridized carbons (Fsp3) is 0.364. The molecule has 6 nitrogen and oxygen atoms in total. The van der Waals surface area contributed by atoms with Crippen molar-refractivity contribution >= 4 is 22.2 Å². The van der Waals surface area contributed by atoms with Gasteiger partial charge in [0.15, 0.2) is 9.84 Å². The first kappa shape index (κ1) is 22.0. The van der Waals surface area contributed by atoms with Crippen LogP contribution in [0.4, 0.5) is 9.18 Å². The maximum atomic E-state index is 13.4. The molecule has 0 spiro atoms. The van der Waals surface area contributed by atoms with Crippen LogP contribution in [0.2, 0.25) is 0 Å². The second-order valence-corrected chi connectivity index (χ2v) is 10.6. The predicted molar refractivity (Wildman–Crippen MR) is 109 cm³/mol. The summed E-state index contributed by atoms with van der Waals surface area (Å²) in [5.74, 6) is -1.37. The highest BCUT2D eigenvalue weighted by Crippen LogP contribution is 2.56. The number of nitrogens with one attached hydrogen (secondary N) is 1. The van der Waals surface area contributed by atoms with Gasteiger partial charge >= 0.3 is 6.09 Å². The van der Waals surface area contributed by atoms with Crippen molar-refractivity contribution in [1.29, 1.82) is 0 Å². The van der Waals surface area contributed by atoms with Gasteiger partial charge in [-0.2, -0.15) is 0 Å². The van der Waals surface area contributed by atoms with Gasteiger partial charge < -0.3 is 14.8 Å². The lowest BCUT2D eigenvalue weighted by Crippen LogP contribution is -2.45. The Bertz CT molecular complexity index is 1060. The van der Waals surface area contributed by atoms with Crippen LogP contribution in [-0.4, -0.2) is 37.2 Å². The summed E-state index contributed by atoms with van der Waals surface area (Å²) in [7, 11) is -3.99. The SMILES string of the molecule is Cc1ccc(S(=O)(=O)[C@@H]2[C@H](c3ccc(F)cc3)[C@@]2(C=O)NC(=O)OC(C)(C)C)cc1. The molecule has 0 aromatic heterocycles. The number of hydrogen-bond acceptors (Lipinski definition) is 5. The van der Waals surface area contributed by atoms with Crippen molar-refractivity contribution in [3.63, 3.8) is 0 Å². The number of rotatable bonds is 5. The minimum atomic E-state index is -3.99. The summed E-state index contributed by atoms with van der Waals surface area (Å²) in [5, 5.41) is 1.22. The van der Waals surface area contributed by atoms with Gasteiger partial charge in [0.1, 0.15) is 28.5 Å². The Morgan fingerprint density at radius 3 is 2.17 bits per heavy atom. The molecule has 1 aliphatic rings. The fourth-order valence-corrected chi connectivity index (χ4v) is 5.85. The van der Waals surface area contributed by atoms with E-state index in [1.165, 1.54) is 36.4 Å². The molecule has 1 amide bonds. The number of sulfone groups is 1. The van der Waals surface area contributed by atoms with Gasteiger partial charge in [0.05, 0.1) is 4.90 Å². The summed E-state index contributed by atoms with van der Waals surface area (Å²) in [4.78, 5) is 24.6. The highest BCUT2D eigenvalue weighted by molar-refractivity contribution is 7.92. The Morgan fingerprint density at radius 2 is 1.67 bits per heavy atom. The lowest BCUT2D eigenvalue weighted by atomic mass is 10.1. The van der Waals surface area contributed by atoms with Crippen molar-refractivity contribution in [2.24, 2.45) is 0 Å². The minimum absolute atomic E-state index is 0.0416. The molecule has 0 heterocycles. The molecule has 0 bridgehead atoms. The fourth-order valence-electron chi connectivity index (χ4n) is 3.60. The Kier molecular flexibility index (Phi) is 5.49. The maximum absolute atomic E-state index is 13.4. The molecule has 0 unspecified atom stereocenters. The van der Waals surface area contributed by atoms with Gasteiger partial charge in [-0.3, -0.25) is 0 Å². The number of aldehydes is 1. The van der Waals surface area contributed by atoms with E-state index in [1.807, 2.05) is 6.92 Å². The molecule has 0 saturated heterocycles. The average Bonchev–Trinajstić information content (AvgIpc) is 3.30. The van der Waals surface area contributed by atoms with Gasteiger partial charge in [0, 0.05) is 5.92 Å². The molecule has 2 aromatic rings. The number of benzene rings is 2. The summed E-state index contributed by atoms with van der Waals surface area (Å²) in [6, 6.07) is 11.5. The van der Waals surface area contributed by atoms with Crippen LogP contribution in [-0.2, 0) is 19.4 Å². The highest BCUT2D eigenvalue weighted by atomic mass is 32.2. The van der Waals surface area contributed by atoms with Crippen molar-refractivity contribution in [2.45, 2.75) is 54.9 Å². The van der Waals surface area contributed by atoms with E-state index < -0.39 is 44.1 Å². The minimum Gasteiger partial charge on any atom is -0.444 e. The largest absolute Gasteiger partial charge is 0.444 e. The van der Waals surface area contributed by atoms with Crippen LogP contribution in [0, 0.1) is 12.7 Å². The van der Waals surface area contributed by atoms with Gasteiger partial charge in [-0.25, -0.2) is 17.6 Å². The average molecular weight is 434 g/mol. The first-order chi connectivity index (χ1) is 13.9. The topological polar surface area (TPSA) is 89.5 Å². The Morgan fingerprint density at radius 1 is 1.10 bits per heavy atom. The molecule has 8 heteroatoms. The molecule has 3 atom stereocenters. The number of hydrogen-bond donors (Lipinski definition) is 1. The molecule has 2 aromatic carbocycles. The van der Waals surface area contributed by atoms with Crippen molar-refractivity contribution in [3.05, 3.63) is 65.5 Å². The molecule has 3 rings (SSSR count). The third-order valence-corrected chi connectivity index (χ3v) is 7.26. The number of aryl methyl sites for hydroxylation is 1. The van der Waals surface area contributed by atoms with E-state index in [1.54, 1.807) is 32.9 Å². The Balaban J connectivity index is 2.04. The van der Waals surface area contributed by atoms with Crippen LogP contribution in [0.3, 0.4) is 0 Å². The van der Waals surface area contributed by atoms with E-state index in [2.05, 4.69) is 5.32 Å². The van der Waals surface area contributed by atoms with E-state index in [0.717, 1.165) is 5.56 Å². The molecule has 0 aliphatic heterocycles. The molecular formula is C22H24FNO5S. The summed E-state index contributed by atoms with van der Waals surface area (Å²) < 4.78 is 45.4. The molecule has 1 N–H and O–H groups in total. The zero-order chi connectivity index (χ0) is 22.3. The number of alkyl carbamates (subject to hydrolysis) is 1. The van der Waals surface area contributed by atoms with E-state index in [0.29, 0.717) is 11.8 Å². The van der Waals surface area contributed by atoms with Crippen molar-refractivity contribution < 1.29 is 27.1 Å². The molecule has 1 saturated carbocycles. The van der Waals surface area contributed by atoms with E-state index >= 15 is 0 Å². The van der Waals surface area contributed by atoms with Gasteiger partial charge in [-0.15, -0.1) is 0 Å². The van der Waals surface area contributed by atoms with Gasteiger partial charge in [-0.1, -0.05) is 29.8 Å². The number of halogens is 1. The van der Waals surface area contributed by atoms with E-state index in [9.17, 15) is 22.4 Å². The predicted octanol–water partition coefficient (Wildman–Crippen LogP) is 3.54. The first-order valence-electron chi connectivity index (χ1n) is 9.44.